The molecule has 2 fully saturated rings. The molecule has 2 aliphatic carbocycles. The third kappa shape index (κ3) is 3.98. The summed E-state index contributed by atoms with van der Waals surface area (Å²) in [5, 5.41) is 4.04. The standard InChI is InChI=1S/C17H33N/c1-4-14-8-5-6-10-16(14)18-15-9-7-12-17(2,3)13-11-15/h14-16,18H,4-13H2,1-3H3. The van der Waals surface area contributed by atoms with E-state index < -0.39 is 0 Å². The molecule has 18 heavy (non-hydrogen) atoms. The number of hydrogen-bond donors (Lipinski definition) is 1. The average Bonchev–Trinajstić information content (AvgIpc) is 2.52. The molecule has 0 aromatic carbocycles. The third-order valence-corrected chi connectivity index (χ3v) is 5.46. The zero-order valence-electron chi connectivity index (χ0n) is 12.8. The molecule has 0 radical (unpaired) electrons. The van der Waals surface area contributed by atoms with Gasteiger partial charge in [0.25, 0.3) is 0 Å². The first kappa shape index (κ1) is 14.4. The van der Waals surface area contributed by atoms with Crippen LogP contribution < -0.4 is 5.32 Å². The summed E-state index contributed by atoms with van der Waals surface area (Å²) in [6, 6.07) is 1.64. The Kier molecular flexibility index (Phi) is 5.12. The Morgan fingerprint density at radius 3 is 2.50 bits per heavy atom. The van der Waals surface area contributed by atoms with Crippen molar-refractivity contribution in [1.29, 1.82) is 0 Å². The lowest BCUT2D eigenvalue weighted by Gasteiger charge is -2.35. The van der Waals surface area contributed by atoms with Gasteiger partial charge in [-0.05, 0) is 49.9 Å². The summed E-state index contributed by atoms with van der Waals surface area (Å²) in [7, 11) is 0. The van der Waals surface area contributed by atoms with Crippen molar-refractivity contribution < 1.29 is 0 Å². The molecule has 0 saturated heterocycles. The second kappa shape index (κ2) is 6.41. The first-order chi connectivity index (χ1) is 8.61. The van der Waals surface area contributed by atoms with Gasteiger partial charge in [0.15, 0.2) is 0 Å². The van der Waals surface area contributed by atoms with Crippen molar-refractivity contribution in [1.82, 2.24) is 5.32 Å². The topological polar surface area (TPSA) is 12.0 Å². The summed E-state index contributed by atoms with van der Waals surface area (Å²) >= 11 is 0. The van der Waals surface area contributed by atoms with Crippen molar-refractivity contribution in [3.8, 4) is 0 Å². The fourth-order valence-electron chi connectivity index (χ4n) is 4.05. The van der Waals surface area contributed by atoms with Crippen LogP contribution in [0, 0.1) is 11.3 Å². The van der Waals surface area contributed by atoms with E-state index in [9.17, 15) is 0 Å². The summed E-state index contributed by atoms with van der Waals surface area (Å²) < 4.78 is 0. The van der Waals surface area contributed by atoms with Gasteiger partial charge in [0.1, 0.15) is 0 Å². The Morgan fingerprint density at radius 2 is 1.72 bits per heavy atom. The molecule has 2 aliphatic rings. The van der Waals surface area contributed by atoms with Gasteiger partial charge in [0, 0.05) is 12.1 Å². The molecule has 0 bridgehead atoms. The first-order valence-electron chi connectivity index (χ1n) is 8.37. The van der Waals surface area contributed by atoms with E-state index in [1.165, 1.54) is 64.2 Å². The van der Waals surface area contributed by atoms with Crippen LogP contribution in [-0.4, -0.2) is 12.1 Å². The summed E-state index contributed by atoms with van der Waals surface area (Å²) in [5.74, 6) is 0.954. The van der Waals surface area contributed by atoms with Crippen LogP contribution in [0.5, 0.6) is 0 Å². The highest BCUT2D eigenvalue weighted by molar-refractivity contribution is 4.86. The van der Waals surface area contributed by atoms with Crippen molar-refractivity contribution in [2.45, 2.75) is 97.1 Å². The molecule has 1 heteroatoms. The minimum absolute atomic E-state index is 0.590. The van der Waals surface area contributed by atoms with Crippen LogP contribution in [0.1, 0.15) is 85.0 Å². The zero-order valence-corrected chi connectivity index (χ0v) is 12.8. The molecule has 3 atom stereocenters. The van der Waals surface area contributed by atoms with E-state index in [4.69, 9.17) is 0 Å². The molecule has 3 unspecified atom stereocenters. The lowest BCUT2D eigenvalue weighted by Crippen LogP contribution is -2.44. The number of nitrogens with one attached hydrogen (secondary N) is 1. The maximum Gasteiger partial charge on any atom is 0.00978 e. The zero-order chi connectivity index (χ0) is 13.0. The summed E-state index contributed by atoms with van der Waals surface area (Å²) in [5.41, 5.74) is 0.590. The van der Waals surface area contributed by atoms with E-state index in [1.807, 2.05) is 0 Å². The fourth-order valence-corrected chi connectivity index (χ4v) is 4.05. The van der Waals surface area contributed by atoms with E-state index in [-0.39, 0.29) is 0 Å². The van der Waals surface area contributed by atoms with Crippen LogP contribution in [-0.2, 0) is 0 Å². The molecule has 2 rings (SSSR count). The van der Waals surface area contributed by atoms with E-state index >= 15 is 0 Å². The van der Waals surface area contributed by atoms with Crippen molar-refractivity contribution >= 4 is 0 Å². The van der Waals surface area contributed by atoms with Gasteiger partial charge in [0.05, 0.1) is 0 Å². The maximum atomic E-state index is 4.04. The molecule has 1 N–H and O–H groups in total. The minimum Gasteiger partial charge on any atom is -0.311 e. The largest absolute Gasteiger partial charge is 0.311 e. The molecule has 0 heterocycles. The maximum absolute atomic E-state index is 4.04. The molecule has 0 aromatic rings. The Balaban J connectivity index is 1.84. The van der Waals surface area contributed by atoms with Gasteiger partial charge in [-0.15, -0.1) is 0 Å². The molecule has 0 spiro atoms. The fraction of sp³-hybridized carbons (Fsp3) is 1.00. The Hall–Kier alpha value is -0.0400. The minimum atomic E-state index is 0.590. The van der Waals surface area contributed by atoms with Crippen LogP contribution in [0.15, 0.2) is 0 Å². The van der Waals surface area contributed by atoms with E-state index in [1.54, 1.807) is 0 Å². The van der Waals surface area contributed by atoms with Crippen LogP contribution in [0.2, 0.25) is 0 Å². The van der Waals surface area contributed by atoms with Crippen LogP contribution >= 0.6 is 0 Å². The van der Waals surface area contributed by atoms with Crippen LogP contribution in [0.3, 0.4) is 0 Å². The second-order valence-electron chi connectivity index (χ2n) is 7.52. The molecule has 0 aromatic heterocycles. The highest BCUT2D eigenvalue weighted by Crippen LogP contribution is 2.35. The average molecular weight is 251 g/mol. The Morgan fingerprint density at radius 1 is 0.944 bits per heavy atom. The van der Waals surface area contributed by atoms with Crippen molar-refractivity contribution in [3.63, 3.8) is 0 Å². The van der Waals surface area contributed by atoms with Gasteiger partial charge in [-0.3, -0.25) is 0 Å². The SMILES string of the molecule is CCC1CCCCC1NC1CCCC(C)(C)CC1. The number of rotatable bonds is 3. The lowest BCUT2D eigenvalue weighted by atomic mass is 9.82. The molecule has 1 nitrogen and oxygen atoms in total. The molecule has 106 valence electrons. The molecular formula is C17H33N. The van der Waals surface area contributed by atoms with Gasteiger partial charge >= 0.3 is 0 Å². The normalized spacial score (nSPS) is 37.2. The first-order valence-corrected chi connectivity index (χ1v) is 8.37. The molecule has 0 aliphatic heterocycles. The molecule has 0 amide bonds. The smallest absolute Gasteiger partial charge is 0.00978 e. The van der Waals surface area contributed by atoms with Crippen LogP contribution in [0.4, 0.5) is 0 Å². The van der Waals surface area contributed by atoms with Crippen molar-refractivity contribution in [3.05, 3.63) is 0 Å². The highest BCUT2D eigenvalue weighted by atomic mass is 15.0. The third-order valence-electron chi connectivity index (χ3n) is 5.46. The van der Waals surface area contributed by atoms with Gasteiger partial charge < -0.3 is 5.32 Å². The quantitative estimate of drug-likeness (QED) is 0.703. The van der Waals surface area contributed by atoms with Crippen LogP contribution in [0.25, 0.3) is 0 Å². The predicted molar refractivity (Wildman–Crippen MR) is 79.8 cm³/mol. The number of hydrogen-bond acceptors (Lipinski definition) is 1. The van der Waals surface area contributed by atoms with E-state index in [0.717, 1.165) is 18.0 Å². The summed E-state index contributed by atoms with van der Waals surface area (Å²) in [6.07, 6.45) is 14.3. The van der Waals surface area contributed by atoms with Crippen molar-refractivity contribution in [2.24, 2.45) is 11.3 Å². The van der Waals surface area contributed by atoms with Gasteiger partial charge in [-0.2, -0.15) is 0 Å². The molecule has 2 saturated carbocycles. The van der Waals surface area contributed by atoms with Gasteiger partial charge in [0.2, 0.25) is 0 Å². The Labute approximate surface area is 114 Å². The van der Waals surface area contributed by atoms with Crippen molar-refractivity contribution in [2.75, 3.05) is 0 Å². The lowest BCUT2D eigenvalue weighted by molar-refractivity contribution is 0.226. The summed E-state index contributed by atoms with van der Waals surface area (Å²) in [6.45, 7) is 7.27. The van der Waals surface area contributed by atoms with Gasteiger partial charge in [-0.25, -0.2) is 0 Å². The van der Waals surface area contributed by atoms with E-state index in [0.29, 0.717) is 5.41 Å². The van der Waals surface area contributed by atoms with Gasteiger partial charge in [-0.1, -0.05) is 46.5 Å². The molecular weight excluding hydrogens is 218 g/mol. The second-order valence-corrected chi connectivity index (χ2v) is 7.52. The monoisotopic (exact) mass is 251 g/mol. The highest BCUT2D eigenvalue weighted by Gasteiger charge is 2.28. The van der Waals surface area contributed by atoms with E-state index in [2.05, 4.69) is 26.1 Å². The predicted octanol–water partition coefficient (Wildman–Crippen LogP) is 4.90. The summed E-state index contributed by atoms with van der Waals surface area (Å²) in [4.78, 5) is 0. The Bertz CT molecular complexity index is 246.